The maximum Gasteiger partial charge on any atom is 0.0834 e. The van der Waals surface area contributed by atoms with E-state index in [1.807, 2.05) is 13.1 Å². The van der Waals surface area contributed by atoms with Gasteiger partial charge < -0.3 is 10.1 Å². The Bertz CT molecular complexity index is 374. The van der Waals surface area contributed by atoms with Crippen LogP contribution in [-0.4, -0.2) is 30.8 Å². The zero-order valence-corrected chi connectivity index (χ0v) is 11.1. The highest BCUT2D eigenvalue weighted by Crippen LogP contribution is 2.39. The van der Waals surface area contributed by atoms with Gasteiger partial charge in [-0.3, -0.25) is 4.98 Å². The van der Waals surface area contributed by atoms with Gasteiger partial charge in [0.05, 0.1) is 10.6 Å². The number of pyridine rings is 1. The number of ether oxygens (including phenoxy) is 1. The van der Waals surface area contributed by atoms with Crippen LogP contribution in [0, 0.1) is 0 Å². The second-order valence-electron chi connectivity index (χ2n) is 4.63. The molecule has 17 heavy (non-hydrogen) atoms. The highest BCUT2D eigenvalue weighted by Gasteiger charge is 2.43. The third kappa shape index (κ3) is 2.46. The Morgan fingerprint density at radius 2 is 2.35 bits per heavy atom. The molecule has 1 aromatic heterocycles. The molecule has 1 fully saturated rings. The molecule has 1 saturated carbocycles. The van der Waals surface area contributed by atoms with E-state index in [1.165, 1.54) is 6.42 Å². The normalized spacial score (nSPS) is 19.7. The average molecular weight is 255 g/mol. The molecule has 1 aliphatic rings. The number of halogens is 1. The quantitative estimate of drug-likeness (QED) is 0.877. The van der Waals surface area contributed by atoms with E-state index in [1.54, 1.807) is 19.5 Å². The minimum Gasteiger partial charge on any atom is -0.377 e. The number of hydrogen-bond donors (Lipinski definition) is 1. The van der Waals surface area contributed by atoms with Crippen molar-refractivity contribution in [2.24, 2.45) is 0 Å². The molecule has 0 bridgehead atoms. The van der Waals surface area contributed by atoms with Crippen LogP contribution >= 0.6 is 11.6 Å². The lowest BCUT2D eigenvalue weighted by Gasteiger charge is -2.46. The van der Waals surface area contributed by atoms with Crippen molar-refractivity contribution in [3.05, 3.63) is 29.0 Å². The Labute approximate surface area is 108 Å². The molecule has 1 N–H and O–H groups in total. The molecule has 2 rings (SSSR count). The third-order valence-corrected chi connectivity index (χ3v) is 4.21. The average Bonchev–Trinajstić information content (AvgIpc) is 2.29. The minimum absolute atomic E-state index is 0.0126. The Morgan fingerprint density at radius 1 is 1.59 bits per heavy atom. The fraction of sp³-hybridized carbons (Fsp3) is 0.615. The zero-order chi connectivity index (χ0) is 12.3. The van der Waals surface area contributed by atoms with Crippen molar-refractivity contribution in [1.82, 2.24) is 10.3 Å². The third-order valence-electron chi connectivity index (χ3n) is 3.87. The van der Waals surface area contributed by atoms with Crippen LogP contribution in [0.5, 0.6) is 0 Å². The topological polar surface area (TPSA) is 34.2 Å². The molecule has 0 saturated heterocycles. The smallest absolute Gasteiger partial charge is 0.0834 e. The van der Waals surface area contributed by atoms with Crippen molar-refractivity contribution in [3.8, 4) is 0 Å². The summed E-state index contributed by atoms with van der Waals surface area (Å²) >= 11 is 6.15. The number of likely N-dealkylation sites (N-methyl/N-ethyl adjacent to an activating group) is 1. The summed E-state index contributed by atoms with van der Waals surface area (Å²) in [6.07, 6.45) is 7.86. The Kier molecular flexibility index (Phi) is 4.02. The summed E-state index contributed by atoms with van der Waals surface area (Å²) in [6.45, 7) is 0. The molecule has 1 unspecified atom stereocenters. The predicted octanol–water partition coefficient (Wildman–Crippen LogP) is 2.43. The molecule has 1 aromatic rings. The fourth-order valence-corrected chi connectivity index (χ4v) is 2.76. The molecule has 4 heteroatoms. The number of nitrogens with zero attached hydrogens (tertiary/aromatic N) is 1. The van der Waals surface area contributed by atoms with E-state index < -0.39 is 0 Å². The monoisotopic (exact) mass is 254 g/mol. The van der Waals surface area contributed by atoms with E-state index in [-0.39, 0.29) is 5.60 Å². The SMILES string of the molecule is CNC(Cc1ccncc1Cl)C1(OC)CCC1. The summed E-state index contributed by atoms with van der Waals surface area (Å²) in [6, 6.07) is 2.29. The van der Waals surface area contributed by atoms with Gasteiger partial charge in [-0.25, -0.2) is 0 Å². The summed E-state index contributed by atoms with van der Waals surface area (Å²) < 4.78 is 5.72. The largest absolute Gasteiger partial charge is 0.377 e. The number of methoxy groups -OCH3 is 1. The Balaban J connectivity index is 2.13. The van der Waals surface area contributed by atoms with Crippen molar-refractivity contribution >= 4 is 11.6 Å². The van der Waals surface area contributed by atoms with E-state index in [4.69, 9.17) is 16.3 Å². The van der Waals surface area contributed by atoms with Gasteiger partial charge in [-0.05, 0) is 44.4 Å². The summed E-state index contributed by atoms with van der Waals surface area (Å²) in [5, 5.41) is 4.10. The molecular formula is C13H19ClN2O. The fourth-order valence-electron chi connectivity index (χ4n) is 2.56. The lowest BCUT2D eigenvalue weighted by molar-refractivity contribution is -0.0966. The highest BCUT2D eigenvalue weighted by atomic mass is 35.5. The molecule has 1 aliphatic carbocycles. The minimum atomic E-state index is -0.0126. The van der Waals surface area contributed by atoms with Crippen LogP contribution in [0.1, 0.15) is 24.8 Å². The number of aromatic nitrogens is 1. The van der Waals surface area contributed by atoms with Gasteiger partial charge in [0.15, 0.2) is 0 Å². The van der Waals surface area contributed by atoms with Gasteiger partial charge in [0.25, 0.3) is 0 Å². The van der Waals surface area contributed by atoms with E-state index >= 15 is 0 Å². The van der Waals surface area contributed by atoms with Crippen LogP contribution < -0.4 is 5.32 Å². The van der Waals surface area contributed by atoms with Gasteiger partial charge in [0, 0.05) is 25.5 Å². The molecule has 0 spiro atoms. The molecule has 0 aliphatic heterocycles. The summed E-state index contributed by atoms with van der Waals surface area (Å²) in [4.78, 5) is 4.01. The van der Waals surface area contributed by atoms with Crippen LogP contribution in [0.4, 0.5) is 0 Å². The molecule has 0 radical (unpaired) electrons. The van der Waals surface area contributed by atoms with Crippen LogP contribution in [-0.2, 0) is 11.2 Å². The first-order valence-electron chi connectivity index (χ1n) is 6.02. The maximum absolute atomic E-state index is 6.15. The molecular weight excluding hydrogens is 236 g/mol. The summed E-state index contributed by atoms with van der Waals surface area (Å²) in [7, 11) is 3.79. The Morgan fingerprint density at radius 3 is 2.82 bits per heavy atom. The first-order chi connectivity index (χ1) is 8.22. The van der Waals surface area contributed by atoms with Gasteiger partial charge in [-0.15, -0.1) is 0 Å². The highest BCUT2D eigenvalue weighted by molar-refractivity contribution is 6.31. The zero-order valence-electron chi connectivity index (χ0n) is 10.4. The van der Waals surface area contributed by atoms with Crippen molar-refractivity contribution in [2.45, 2.75) is 37.3 Å². The van der Waals surface area contributed by atoms with Gasteiger partial charge >= 0.3 is 0 Å². The first kappa shape index (κ1) is 12.8. The predicted molar refractivity (Wildman–Crippen MR) is 69.4 cm³/mol. The lowest BCUT2D eigenvalue weighted by atomic mass is 9.72. The maximum atomic E-state index is 6.15. The summed E-state index contributed by atoms with van der Waals surface area (Å²) in [5.41, 5.74) is 1.12. The first-order valence-corrected chi connectivity index (χ1v) is 6.40. The van der Waals surface area contributed by atoms with Crippen LogP contribution in [0.25, 0.3) is 0 Å². The van der Waals surface area contributed by atoms with Gasteiger partial charge in [0.2, 0.25) is 0 Å². The van der Waals surface area contributed by atoms with E-state index in [2.05, 4.69) is 10.3 Å². The second-order valence-corrected chi connectivity index (χ2v) is 5.04. The number of rotatable bonds is 5. The van der Waals surface area contributed by atoms with Gasteiger partial charge in [-0.2, -0.15) is 0 Å². The van der Waals surface area contributed by atoms with Crippen molar-refractivity contribution in [2.75, 3.05) is 14.2 Å². The van der Waals surface area contributed by atoms with Crippen molar-refractivity contribution in [1.29, 1.82) is 0 Å². The van der Waals surface area contributed by atoms with Crippen LogP contribution in [0.2, 0.25) is 5.02 Å². The number of hydrogen-bond acceptors (Lipinski definition) is 3. The van der Waals surface area contributed by atoms with Crippen molar-refractivity contribution < 1.29 is 4.74 Å². The van der Waals surface area contributed by atoms with E-state index in [0.29, 0.717) is 6.04 Å². The van der Waals surface area contributed by atoms with Gasteiger partial charge in [0.1, 0.15) is 0 Å². The van der Waals surface area contributed by atoms with E-state index in [0.717, 1.165) is 29.8 Å². The summed E-state index contributed by atoms with van der Waals surface area (Å²) in [5.74, 6) is 0. The van der Waals surface area contributed by atoms with Crippen LogP contribution in [0.3, 0.4) is 0 Å². The Hall–Kier alpha value is -0.640. The van der Waals surface area contributed by atoms with Crippen LogP contribution in [0.15, 0.2) is 18.5 Å². The number of nitrogens with one attached hydrogen (secondary N) is 1. The molecule has 94 valence electrons. The molecule has 1 heterocycles. The second kappa shape index (κ2) is 5.34. The molecule has 0 aromatic carbocycles. The van der Waals surface area contributed by atoms with Gasteiger partial charge in [-0.1, -0.05) is 11.6 Å². The van der Waals surface area contributed by atoms with Crippen molar-refractivity contribution in [3.63, 3.8) is 0 Å². The lowest BCUT2D eigenvalue weighted by Crippen LogP contribution is -2.56. The molecule has 0 amide bonds. The molecule has 1 atom stereocenters. The molecule has 3 nitrogen and oxygen atoms in total. The standard InChI is InChI=1S/C13H19ClN2O/c1-15-12(13(17-2)5-3-6-13)8-10-4-7-16-9-11(10)14/h4,7,9,12,15H,3,5-6,8H2,1-2H3. The van der Waals surface area contributed by atoms with E-state index in [9.17, 15) is 0 Å².